The molecule has 3 amide bonds. The minimum absolute atomic E-state index is 0.103. The van der Waals surface area contributed by atoms with Gasteiger partial charge in [-0.3, -0.25) is 4.79 Å². The molecular formula is C31H36N5O5+. The maximum atomic E-state index is 12.2. The van der Waals surface area contributed by atoms with Crippen LogP contribution >= 0.6 is 0 Å². The summed E-state index contributed by atoms with van der Waals surface area (Å²) in [7, 11) is 3.18. The molecule has 2 aromatic rings. The SMILES string of the molecule is CCN(CCNC(=O)NC)c1ccc2c(-c3ccccc3C(=O)O)c3ccc(=[N+](CC)CC(=O)NC)cc-3oc2c1. The van der Waals surface area contributed by atoms with Crippen LogP contribution in [0.2, 0.25) is 0 Å². The fraction of sp³-hybridized carbons (Fsp3) is 0.290. The van der Waals surface area contributed by atoms with Gasteiger partial charge in [0.1, 0.15) is 17.9 Å². The van der Waals surface area contributed by atoms with Crippen molar-refractivity contribution < 1.29 is 23.9 Å². The number of benzene rings is 3. The molecule has 2 aromatic carbocycles. The molecule has 0 unspecified atom stereocenters. The first-order valence-electron chi connectivity index (χ1n) is 13.6. The molecule has 0 aromatic heterocycles. The number of rotatable bonds is 10. The van der Waals surface area contributed by atoms with Crippen molar-refractivity contribution in [3.63, 3.8) is 0 Å². The number of nitrogens with zero attached hydrogens (tertiary/aromatic N) is 2. The Morgan fingerprint density at radius 2 is 1.73 bits per heavy atom. The summed E-state index contributed by atoms with van der Waals surface area (Å²) in [4.78, 5) is 38.1. The molecule has 4 rings (SSSR count). The first kappa shape index (κ1) is 29.1. The Balaban J connectivity index is 1.96. The largest absolute Gasteiger partial charge is 0.478 e. The fourth-order valence-electron chi connectivity index (χ4n) is 4.94. The Bertz CT molecular complexity index is 1630. The van der Waals surface area contributed by atoms with Crippen LogP contribution in [0, 0.1) is 0 Å². The average molecular weight is 559 g/mol. The highest BCUT2D eigenvalue weighted by Crippen LogP contribution is 2.42. The van der Waals surface area contributed by atoms with Gasteiger partial charge in [0, 0.05) is 68.1 Å². The van der Waals surface area contributed by atoms with E-state index in [-0.39, 0.29) is 24.0 Å². The molecule has 10 nitrogen and oxygen atoms in total. The van der Waals surface area contributed by atoms with Crippen molar-refractivity contribution >= 4 is 34.6 Å². The second kappa shape index (κ2) is 13.0. The van der Waals surface area contributed by atoms with E-state index in [9.17, 15) is 19.5 Å². The van der Waals surface area contributed by atoms with Gasteiger partial charge in [0.05, 0.1) is 11.6 Å². The molecule has 0 radical (unpaired) electrons. The highest BCUT2D eigenvalue weighted by molar-refractivity contribution is 6.07. The van der Waals surface area contributed by atoms with Crippen LogP contribution in [0.4, 0.5) is 10.5 Å². The Morgan fingerprint density at radius 1 is 0.951 bits per heavy atom. The lowest BCUT2D eigenvalue weighted by Crippen LogP contribution is -2.39. The number of aromatic carboxylic acids is 1. The van der Waals surface area contributed by atoms with Gasteiger partial charge in [-0.1, -0.05) is 18.2 Å². The zero-order valence-corrected chi connectivity index (χ0v) is 23.8. The lowest BCUT2D eigenvalue weighted by atomic mass is 9.90. The molecule has 0 bridgehead atoms. The molecule has 4 N–H and O–H groups in total. The number of carbonyl (C=O) groups excluding carboxylic acids is 2. The summed E-state index contributed by atoms with van der Waals surface area (Å²) in [5, 5.41) is 19.6. The molecule has 0 saturated carbocycles. The number of nitrogens with one attached hydrogen (secondary N) is 3. The average Bonchev–Trinajstić information content (AvgIpc) is 2.99. The van der Waals surface area contributed by atoms with E-state index >= 15 is 0 Å². The molecule has 0 fully saturated rings. The minimum atomic E-state index is -1.01. The molecule has 0 spiro atoms. The van der Waals surface area contributed by atoms with Crippen molar-refractivity contribution in [3.8, 4) is 22.5 Å². The fourth-order valence-corrected chi connectivity index (χ4v) is 4.94. The highest BCUT2D eigenvalue weighted by Gasteiger charge is 2.23. The van der Waals surface area contributed by atoms with Crippen LogP contribution < -0.4 is 30.8 Å². The topological polar surface area (TPSA) is 127 Å². The van der Waals surface area contributed by atoms with Gasteiger partial charge in [0.15, 0.2) is 0 Å². The van der Waals surface area contributed by atoms with Crippen molar-refractivity contribution in [2.45, 2.75) is 13.8 Å². The standard InChI is InChI=1S/C31H35N5O5/c1-5-35(16-15-34-31(40)33-4)20-11-13-24-26(17-20)41-27-18-21(36(6-2)19-28(37)32-3)12-14-25(27)29(24)22-9-7-8-10-23(22)30(38)39/h7-14,17-18H,5-6,15-16,19H2,1-4H3,(H3-,32,33,34,37,38,39,40)/p+1. The summed E-state index contributed by atoms with van der Waals surface area (Å²) in [6.07, 6.45) is 0. The summed E-state index contributed by atoms with van der Waals surface area (Å²) in [6.45, 7) is 6.57. The summed E-state index contributed by atoms with van der Waals surface area (Å²) in [6, 6.07) is 18.3. The number of likely N-dealkylation sites (N-methyl/N-ethyl adjacent to an activating group) is 3. The maximum absolute atomic E-state index is 12.2. The Labute approximate surface area is 238 Å². The zero-order chi connectivity index (χ0) is 29.5. The van der Waals surface area contributed by atoms with Gasteiger partial charge in [-0.05, 0) is 43.7 Å². The molecule has 10 heteroatoms. The van der Waals surface area contributed by atoms with Gasteiger partial charge >= 0.3 is 12.0 Å². The number of carboxylic acids is 1. The Morgan fingerprint density at radius 3 is 2.41 bits per heavy atom. The number of carbonyl (C=O) groups is 3. The van der Waals surface area contributed by atoms with Gasteiger partial charge < -0.3 is 30.4 Å². The monoisotopic (exact) mass is 558 g/mol. The molecule has 1 aliphatic carbocycles. The number of hydrogen-bond acceptors (Lipinski definition) is 5. The predicted octanol–water partition coefficient (Wildman–Crippen LogP) is 3.20. The number of hydrogen-bond donors (Lipinski definition) is 4. The lowest BCUT2D eigenvalue weighted by molar-refractivity contribution is -0.120. The molecule has 2 aliphatic rings. The van der Waals surface area contributed by atoms with Crippen LogP contribution in [0.15, 0.2) is 65.1 Å². The normalized spacial score (nSPS) is 11.7. The third-order valence-electron chi connectivity index (χ3n) is 7.12. The first-order valence-corrected chi connectivity index (χ1v) is 13.6. The third kappa shape index (κ3) is 6.32. The van der Waals surface area contributed by atoms with E-state index < -0.39 is 5.97 Å². The van der Waals surface area contributed by atoms with Gasteiger partial charge in [-0.25, -0.2) is 14.2 Å². The van der Waals surface area contributed by atoms with Crippen LogP contribution in [0.5, 0.6) is 0 Å². The third-order valence-corrected chi connectivity index (χ3v) is 7.12. The van der Waals surface area contributed by atoms with E-state index in [2.05, 4.69) is 20.9 Å². The molecule has 0 saturated heterocycles. The summed E-state index contributed by atoms with van der Waals surface area (Å²) < 4.78 is 8.43. The van der Waals surface area contributed by atoms with E-state index in [1.165, 1.54) is 0 Å². The molecule has 1 heterocycles. The number of carboxylic acid groups (broad SMARTS) is 1. The van der Waals surface area contributed by atoms with Gasteiger partial charge in [-0.2, -0.15) is 0 Å². The summed E-state index contributed by atoms with van der Waals surface area (Å²) in [5.41, 5.74) is 3.81. The van der Waals surface area contributed by atoms with Crippen molar-refractivity contribution in [2.75, 3.05) is 51.7 Å². The van der Waals surface area contributed by atoms with E-state index in [4.69, 9.17) is 4.42 Å². The number of amides is 3. The van der Waals surface area contributed by atoms with Gasteiger partial charge in [0.25, 0.3) is 5.91 Å². The zero-order valence-electron chi connectivity index (χ0n) is 23.8. The first-order chi connectivity index (χ1) is 19.8. The van der Waals surface area contributed by atoms with E-state index in [0.29, 0.717) is 43.1 Å². The van der Waals surface area contributed by atoms with E-state index in [0.717, 1.165) is 27.6 Å². The van der Waals surface area contributed by atoms with Crippen LogP contribution in [-0.4, -0.2) is 69.8 Å². The summed E-state index contributed by atoms with van der Waals surface area (Å²) >= 11 is 0. The minimum Gasteiger partial charge on any atom is -0.478 e. The quantitative estimate of drug-likeness (QED) is 0.175. The molecule has 214 valence electrons. The number of urea groups is 1. The molecule has 0 atom stereocenters. The van der Waals surface area contributed by atoms with Crippen LogP contribution in [0.3, 0.4) is 0 Å². The predicted molar refractivity (Wildman–Crippen MR) is 160 cm³/mol. The Hall–Kier alpha value is -4.86. The highest BCUT2D eigenvalue weighted by atomic mass is 16.4. The van der Waals surface area contributed by atoms with Crippen LogP contribution in [-0.2, 0) is 4.79 Å². The van der Waals surface area contributed by atoms with E-state index in [1.54, 1.807) is 26.2 Å². The number of fused-ring (bicyclic) bond motifs is 2. The Kier molecular flexibility index (Phi) is 9.23. The number of anilines is 1. The summed E-state index contributed by atoms with van der Waals surface area (Å²) in [5.74, 6) is -0.546. The van der Waals surface area contributed by atoms with Crippen molar-refractivity contribution in [2.24, 2.45) is 0 Å². The maximum Gasteiger partial charge on any atom is 0.336 e. The van der Waals surface area contributed by atoms with Gasteiger partial charge in [0.2, 0.25) is 11.9 Å². The smallest absolute Gasteiger partial charge is 0.336 e. The van der Waals surface area contributed by atoms with Crippen molar-refractivity contribution in [3.05, 3.63) is 71.6 Å². The molecular weight excluding hydrogens is 522 g/mol. The van der Waals surface area contributed by atoms with Gasteiger partial charge in [-0.15, -0.1) is 0 Å². The van der Waals surface area contributed by atoms with Crippen molar-refractivity contribution in [1.82, 2.24) is 20.5 Å². The lowest BCUT2D eigenvalue weighted by Gasteiger charge is -2.24. The molecule has 41 heavy (non-hydrogen) atoms. The second-order valence-electron chi connectivity index (χ2n) is 9.46. The van der Waals surface area contributed by atoms with Crippen LogP contribution in [0.1, 0.15) is 24.2 Å². The van der Waals surface area contributed by atoms with E-state index in [1.807, 2.05) is 67.0 Å². The van der Waals surface area contributed by atoms with Crippen molar-refractivity contribution in [1.29, 1.82) is 0 Å². The second-order valence-corrected chi connectivity index (χ2v) is 9.46. The van der Waals surface area contributed by atoms with Crippen LogP contribution in [0.25, 0.3) is 33.4 Å². The molecule has 1 aliphatic heterocycles.